The minimum atomic E-state index is -0.0598. The Morgan fingerprint density at radius 1 is 1.28 bits per heavy atom. The number of ether oxygens (including phenoxy) is 1. The lowest BCUT2D eigenvalue weighted by atomic mass is 10.1. The average molecular weight is 250 g/mol. The first-order valence-electron chi connectivity index (χ1n) is 6.23. The molecule has 0 spiro atoms. The second-order valence-electron chi connectivity index (χ2n) is 4.48. The maximum Gasteiger partial charge on any atom is 0.251 e. The van der Waals surface area contributed by atoms with Gasteiger partial charge in [-0.1, -0.05) is 26.0 Å². The summed E-state index contributed by atoms with van der Waals surface area (Å²) < 4.78 is 4.88. The maximum absolute atomic E-state index is 11.7. The van der Waals surface area contributed by atoms with Crippen LogP contribution in [0.1, 0.15) is 29.8 Å². The predicted octanol–water partition coefficient (Wildman–Crippen LogP) is 1.56. The Hall–Kier alpha value is -1.39. The minimum Gasteiger partial charge on any atom is -0.383 e. The van der Waals surface area contributed by atoms with Crippen molar-refractivity contribution >= 4 is 5.91 Å². The highest BCUT2D eigenvalue weighted by Crippen LogP contribution is 2.04. The number of hydrogen-bond donors (Lipinski definition) is 2. The van der Waals surface area contributed by atoms with E-state index in [-0.39, 0.29) is 5.91 Å². The second-order valence-corrected chi connectivity index (χ2v) is 4.48. The van der Waals surface area contributed by atoms with Crippen molar-refractivity contribution in [1.82, 2.24) is 10.6 Å². The van der Waals surface area contributed by atoms with Crippen molar-refractivity contribution in [2.24, 2.45) is 0 Å². The van der Waals surface area contributed by atoms with Crippen LogP contribution >= 0.6 is 0 Å². The van der Waals surface area contributed by atoms with Gasteiger partial charge in [-0.25, -0.2) is 0 Å². The van der Waals surface area contributed by atoms with Crippen molar-refractivity contribution in [3.63, 3.8) is 0 Å². The molecular formula is C14H22N2O2. The SMILES string of the molecule is COCCNC(=O)c1ccc(CNC(C)C)cc1. The molecule has 0 bridgehead atoms. The summed E-state index contributed by atoms with van der Waals surface area (Å²) in [6.45, 7) is 6.10. The summed E-state index contributed by atoms with van der Waals surface area (Å²) >= 11 is 0. The fourth-order valence-corrected chi connectivity index (χ4v) is 1.46. The van der Waals surface area contributed by atoms with Crippen molar-refractivity contribution in [2.45, 2.75) is 26.4 Å². The molecule has 1 rings (SSSR count). The molecule has 0 heterocycles. The first-order valence-corrected chi connectivity index (χ1v) is 6.23. The molecule has 0 atom stereocenters. The van der Waals surface area contributed by atoms with Gasteiger partial charge in [0, 0.05) is 31.8 Å². The van der Waals surface area contributed by atoms with Crippen LogP contribution < -0.4 is 10.6 Å². The van der Waals surface area contributed by atoms with Crippen molar-refractivity contribution in [3.05, 3.63) is 35.4 Å². The van der Waals surface area contributed by atoms with Crippen LogP contribution in [0.3, 0.4) is 0 Å². The molecule has 2 N–H and O–H groups in total. The highest BCUT2D eigenvalue weighted by atomic mass is 16.5. The normalized spacial score (nSPS) is 10.7. The van der Waals surface area contributed by atoms with Crippen LogP contribution in [0.4, 0.5) is 0 Å². The Bertz CT molecular complexity index is 361. The minimum absolute atomic E-state index is 0.0598. The summed E-state index contributed by atoms with van der Waals surface area (Å²) in [6.07, 6.45) is 0. The lowest BCUT2D eigenvalue weighted by molar-refractivity contribution is 0.0937. The summed E-state index contributed by atoms with van der Waals surface area (Å²) in [5.41, 5.74) is 1.86. The van der Waals surface area contributed by atoms with Crippen molar-refractivity contribution in [1.29, 1.82) is 0 Å². The molecule has 0 unspecified atom stereocenters. The van der Waals surface area contributed by atoms with E-state index >= 15 is 0 Å². The monoisotopic (exact) mass is 250 g/mol. The molecule has 4 nitrogen and oxygen atoms in total. The van der Waals surface area contributed by atoms with Crippen LogP contribution in [-0.2, 0) is 11.3 Å². The van der Waals surface area contributed by atoms with Crippen LogP contribution in [0.15, 0.2) is 24.3 Å². The molecule has 1 aromatic rings. The molecular weight excluding hydrogens is 228 g/mol. The van der Waals surface area contributed by atoms with Crippen molar-refractivity contribution < 1.29 is 9.53 Å². The number of benzene rings is 1. The third kappa shape index (κ3) is 5.29. The zero-order valence-corrected chi connectivity index (χ0v) is 11.3. The highest BCUT2D eigenvalue weighted by Gasteiger charge is 2.04. The molecule has 0 fully saturated rings. The number of nitrogens with one attached hydrogen (secondary N) is 2. The molecule has 18 heavy (non-hydrogen) atoms. The number of methoxy groups -OCH3 is 1. The molecule has 0 saturated carbocycles. The van der Waals surface area contributed by atoms with Gasteiger partial charge in [0.25, 0.3) is 5.91 Å². The van der Waals surface area contributed by atoms with E-state index in [1.165, 1.54) is 5.56 Å². The fraction of sp³-hybridized carbons (Fsp3) is 0.500. The van der Waals surface area contributed by atoms with Crippen LogP contribution in [0, 0.1) is 0 Å². The van der Waals surface area contributed by atoms with Gasteiger partial charge in [0.15, 0.2) is 0 Å². The average Bonchev–Trinajstić information content (AvgIpc) is 2.37. The Kier molecular flexibility index (Phi) is 6.39. The topological polar surface area (TPSA) is 50.4 Å². The molecule has 0 radical (unpaired) electrons. The Morgan fingerprint density at radius 2 is 1.94 bits per heavy atom. The van der Waals surface area contributed by atoms with E-state index in [1.54, 1.807) is 7.11 Å². The molecule has 1 aromatic carbocycles. The van der Waals surface area contributed by atoms with Crippen LogP contribution in [0.25, 0.3) is 0 Å². The van der Waals surface area contributed by atoms with Crippen LogP contribution in [0.2, 0.25) is 0 Å². The third-order valence-electron chi connectivity index (χ3n) is 2.52. The van der Waals surface area contributed by atoms with Gasteiger partial charge >= 0.3 is 0 Å². The maximum atomic E-state index is 11.7. The molecule has 0 aliphatic rings. The van der Waals surface area contributed by atoms with Gasteiger partial charge in [0.1, 0.15) is 0 Å². The number of carbonyl (C=O) groups excluding carboxylic acids is 1. The predicted molar refractivity (Wildman–Crippen MR) is 72.6 cm³/mol. The Balaban J connectivity index is 2.46. The molecule has 0 aliphatic carbocycles. The Morgan fingerprint density at radius 3 is 2.50 bits per heavy atom. The van der Waals surface area contributed by atoms with Gasteiger partial charge in [-0.2, -0.15) is 0 Å². The Labute approximate surface area is 109 Å². The van der Waals surface area contributed by atoms with Gasteiger partial charge in [0.05, 0.1) is 6.61 Å². The zero-order chi connectivity index (χ0) is 13.4. The van der Waals surface area contributed by atoms with Crippen molar-refractivity contribution in [3.8, 4) is 0 Å². The zero-order valence-electron chi connectivity index (χ0n) is 11.3. The first-order chi connectivity index (χ1) is 8.63. The number of hydrogen-bond acceptors (Lipinski definition) is 3. The molecule has 100 valence electrons. The summed E-state index contributed by atoms with van der Waals surface area (Å²) in [5, 5.41) is 6.13. The lowest BCUT2D eigenvalue weighted by Crippen LogP contribution is -2.27. The van der Waals surface area contributed by atoms with Gasteiger partial charge in [-0.3, -0.25) is 4.79 Å². The smallest absolute Gasteiger partial charge is 0.251 e. The summed E-state index contributed by atoms with van der Waals surface area (Å²) in [5.74, 6) is -0.0598. The van der Waals surface area contributed by atoms with E-state index in [9.17, 15) is 4.79 Å². The molecule has 0 aromatic heterocycles. The number of carbonyl (C=O) groups is 1. The summed E-state index contributed by atoms with van der Waals surface area (Å²) in [7, 11) is 1.61. The van der Waals surface area contributed by atoms with Crippen LogP contribution in [0.5, 0.6) is 0 Å². The number of rotatable bonds is 7. The van der Waals surface area contributed by atoms with E-state index in [0.717, 1.165) is 6.54 Å². The largest absolute Gasteiger partial charge is 0.383 e. The van der Waals surface area contributed by atoms with E-state index in [0.29, 0.717) is 24.8 Å². The molecule has 4 heteroatoms. The summed E-state index contributed by atoms with van der Waals surface area (Å²) in [4.78, 5) is 11.7. The molecule has 0 saturated heterocycles. The van der Waals surface area contributed by atoms with E-state index in [1.807, 2.05) is 24.3 Å². The van der Waals surface area contributed by atoms with Crippen LogP contribution in [-0.4, -0.2) is 32.2 Å². The first kappa shape index (κ1) is 14.7. The van der Waals surface area contributed by atoms with E-state index < -0.39 is 0 Å². The van der Waals surface area contributed by atoms with Gasteiger partial charge in [-0.15, -0.1) is 0 Å². The van der Waals surface area contributed by atoms with Crippen molar-refractivity contribution in [2.75, 3.05) is 20.3 Å². The van der Waals surface area contributed by atoms with E-state index in [4.69, 9.17) is 4.74 Å². The lowest BCUT2D eigenvalue weighted by Gasteiger charge is -2.09. The van der Waals surface area contributed by atoms with Gasteiger partial charge < -0.3 is 15.4 Å². The van der Waals surface area contributed by atoms with Gasteiger partial charge in [0.2, 0.25) is 0 Å². The molecule has 0 aliphatic heterocycles. The molecule has 1 amide bonds. The fourth-order valence-electron chi connectivity index (χ4n) is 1.46. The standard InChI is InChI=1S/C14H22N2O2/c1-11(2)16-10-12-4-6-13(7-5-12)14(17)15-8-9-18-3/h4-7,11,16H,8-10H2,1-3H3,(H,15,17). The third-order valence-corrected chi connectivity index (χ3v) is 2.52. The quantitative estimate of drug-likeness (QED) is 0.722. The highest BCUT2D eigenvalue weighted by molar-refractivity contribution is 5.94. The van der Waals surface area contributed by atoms with E-state index in [2.05, 4.69) is 24.5 Å². The van der Waals surface area contributed by atoms with Gasteiger partial charge in [-0.05, 0) is 17.7 Å². The second kappa shape index (κ2) is 7.84. The summed E-state index contributed by atoms with van der Waals surface area (Å²) in [6, 6.07) is 8.10. The number of amides is 1.